The van der Waals surface area contributed by atoms with E-state index in [1.165, 1.54) is 28.5 Å². The molecule has 98 valence electrons. The van der Waals surface area contributed by atoms with Crippen molar-refractivity contribution in [2.24, 2.45) is 0 Å². The molecule has 1 aromatic rings. The minimum Gasteiger partial charge on any atom is -0.449 e. The van der Waals surface area contributed by atoms with Gasteiger partial charge in [-0.15, -0.1) is 11.3 Å². The molecule has 0 aliphatic rings. The fourth-order valence-electron chi connectivity index (χ4n) is 1.17. The number of rotatable bonds is 5. The molecule has 0 saturated heterocycles. The zero-order valence-electron chi connectivity index (χ0n) is 10.8. The smallest absolute Gasteiger partial charge is 0.413 e. The summed E-state index contributed by atoms with van der Waals surface area (Å²) < 4.78 is 4.92. The summed E-state index contributed by atoms with van der Waals surface area (Å²) in [5, 5.41) is 1.92. The molecule has 0 aliphatic carbocycles. The van der Waals surface area contributed by atoms with Crippen LogP contribution in [-0.4, -0.2) is 30.4 Å². The molecule has 0 saturated carbocycles. The second kappa shape index (κ2) is 6.96. The highest BCUT2D eigenvalue weighted by Gasteiger charge is 2.08. The van der Waals surface area contributed by atoms with Gasteiger partial charge in [-0.05, 0) is 30.4 Å². The lowest BCUT2D eigenvalue weighted by Crippen LogP contribution is -2.22. The molecule has 1 heterocycles. The first kappa shape index (κ1) is 14.4. The van der Waals surface area contributed by atoms with Crippen molar-refractivity contribution >= 4 is 23.2 Å². The van der Waals surface area contributed by atoms with Gasteiger partial charge >= 0.3 is 6.09 Å². The monoisotopic (exact) mass is 267 g/mol. The van der Waals surface area contributed by atoms with Gasteiger partial charge < -0.3 is 4.74 Å². The van der Waals surface area contributed by atoms with Crippen LogP contribution >= 0.6 is 11.3 Å². The maximum absolute atomic E-state index is 11.7. The van der Waals surface area contributed by atoms with E-state index >= 15 is 0 Å². The Bertz CT molecular complexity index is 451. The minimum absolute atomic E-state index is 0.108. The zero-order chi connectivity index (χ0) is 13.5. The highest BCUT2D eigenvalue weighted by molar-refractivity contribution is 7.12. The number of carbonyl (C=O) groups excluding carboxylic acids is 2. The molecule has 0 radical (unpaired) electrons. The van der Waals surface area contributed by atoms with Crippen LogP contribution in [0.4, 0.5) is 4.79 Å². The molecule has 1 amide bonds. The zero-order valence-corrected chi connectivity index (χ0v) is 11.6. The highest BCUT2D eigenvalue weighted by atomic mass is 32.1. The van der Waals surface area contributed by atoms with Crippen LogP contribution in [0.5, 0.6) is 0 Å². The number of allylic oxidation sites excluding steroid dienone is 1. The molecule has 0 N–H and O–H groups in total. The Morgan fingerprint density at radius 2 is 2.22 bits per heavy atom. The lowest BCUT2D eigenvalue weighted by atomic mass is 10.3. The van der Waals surface area contributed by atoms with Crippen molar-refractivity contribution in [1.29, 1.82) is 0 Å². The molecule has 0 atom stereocenters. The average molecular weight is 267 g/mol. The van der Waals surface area contributed by atoms with E-state index in [-0.39, 0.29) is 5.78 Å². The van der Waals surface area contributed by atoms with Crippen molar-refractivity contribution in [2.45, 2.75) is 20.3 Å². The molecular formula is C13H17NO3S. The number of thiophene rings is 1. The van der Waals surface area contributed by atoms with Crippen molar-refractivity contribution in [3.63, 3.8) is 0 Å². The minimum atomic E-state index is -0.455. The Morgan fingerprint density at radius 1 is 1.50 bits per heavy atom. The lowest BCUT2D eigenvalue weighted by molar-refractivity contribution is 0.104. The van der Waals surface area contributed by atoms with E-state index in [0.29, 0.717) is 11.5 Å². The van der Waals surface area contributed by atoms with Gasteiger partial charge in [0.1, 0.15) is 0 Å². The third kappa shape index (κ3) is 4.33. The molecule has 0 bridgehead atoms. The molecule has 0 aromatic carbocycles. The summed E-state index contributed by atoms with van der Waals surface area (Å²) in [7, 11) is 1.56. The standard InChI is InChI=1S/C13H17NO3S/c1-4-7-17-13(16)14(3)6-5-11(15)12-8-10(2)9-18-12/h5-6,8-9H,4,7H2,1-3H3. The van der Waals surface area contributed by atoms with E-state index in [2.05, 4.69) is 0 Å². The second-order valence-electron chi connectivity index (χ2n) is 3.89. The average Bonchev–Trinajstić information content (AvgIpc) is 2.79. The van der Waals surface area contributed by atoms with E-state index in [0.717, 1.165) is 12.0 Å². The number of ether oxygens (including phenoxy) is 1. The van der Waals surface area contributed by atoms with Crippen LogP contribution in [0.1, 0.15) is 28.6 Å². The van der Waals surface area contributed by atoms with Gasteiger partial charge in [0.2, 0.25) is 0 Å². The molecule has 1 aromatic heterocycles. The summed E-state index contributed by atoms with van der Waals surface area (Å²) in [6.07, 6.45) is 3.12. The van der Waals surface area contributed by atoms with E-state index in [4.69, 9.17) is 4.74 Å². The number of aryl methyl sites for hydroxylation is 1. The molecule has 0 fully saturated rings. The van der Waals surface area contributed by atoms with Gasteiger partial charge in [0.05, 0.1) is 11.5 Å². The van der Waals surface area contributed by atoms with Gasteiger partial charge in [-0.2, -0.15) is 0 Å². The fourth-order valence-corrected chi connectivity index (χ4v) is 1.99. The largest absolute Gasteiger partial charge is 0.449 e. The highest BCUT2D eigenvalue weighted by Crippen LogP contribution is 2.14. The van der Waals surface area contributed by atoms with Gasteiger partial charge in [0, 0.05) is 19.3 Å². The quantitative estimate of drug-likeness (QED) is 0.608. The Morgan fingerprint density at radius 3 is 2.78 bits per heavy atom. The van der Waals surface area contributed by atoms with Gasteiger partial charge in [-0.3, -0.25) is 9.69 Å². The Labute approximate surface area is 111 Å². The first-order valence-corrected chi connectivity index (χ1v) is 6.59. The topological polar surface area (TPSA) is 46.6 Å². The first-order chi connectivity index (χ1) is 8.54. The number of ketones is 1. The number of carbonyl (C=O) groups is 2. The van der Waals surface area contributed by atoms with Crippen LogP contribution in [0.25, 0.3) is 0 Å². The molecule has 4 nitrogen and oxygen atoms in total. The number of nitrogens with zero attached hydrogens (tertiary/aromatic N) is 1. The molecular weight excluding hydrogens is 250 g/mol. The first-order valence-electron chi connectivity index (χ1n) is 5.72. The number of hydrogen-bond donors (Lipinski definition) is 0. The SMILES string of the molecule is CCCOC(=O)N(C)C=CC(=O)c1cc(C)cs1. The maximum Gasteiger partial charge on any atom is 0.413 e. The predicted molar refractivity (Wildman–Crippen MR) is 71.9 cm³/mol. The summed E-state index contributed by atoms with van der Waals surface area (Å²) in [6.45, 7) is 4.24. The van der Waals surface area contributed by atoms with E-state index in [1.807, 2.05) is 25.3 Å². The maximum atomic E-state index is 11.7. The molecule has 0 spiro atoms. The van der Waals surface area contributed by atoms with E-state index < -0.39 is 6.09 Å². The van der Waals surface area contributed by atoms with Crippen molar-refractivity contribution in [2.75, 3.05) is 13.7 Å². The predicted octanol–water partition coefficient (Wildman–Crippen LogP) is 3.23. The van der Waals surface area contributed by atoms with Gasteiger partial charge in [0.15, 0.2) is 5.78 Å². The lowest BCUT2D eigenvalue weighted by Gasteiger charge is -2.11. The van der Waals surface area contributed by atoms with Crippen molar-refractivity contribution in [3.05, 3.63) is 34.2 Å². The molecule has 18 heavy (non-hydrogen) atoms. The summed E-state index contributed by atoms with van der Waals surface area (Å²) in [5.41, 5.74) is 1.06. The number of amides is 1. The summed E-state index contributed by atoms with van der Waals surface area (Å²) in [6, 6.07) is 1.83. The van der Waals surface area contributed by atoms with Crippen molar-refractivity contribution in [1.82, 2.24) is 4.90 Å². The normalized spacial score (nSPS) is 10.6. The van der Waals surface area contributed by atoms with E-state index in [1.54, 1.807) is 7.05 Å². The second-order valence-corrected chi connectivity index (χ2v) is 4.80. The molecule has 1 rings (SSSR count). The van der Waals surface area contributed by atoms with Crippen LogP contribution in [0.15, 0.2) is 23.7 Å². The summed E-state index contributed by atoms with van der Waals surface area (Å²) in [5.74, 6) is -0.108. The Hall–Kier alpha value is -1.62. The van der Waals surface area contributed by atoms with Gasteiger partial charge in [0.25, 0.3) is 0 Å². The fraction of sp³-hybridized carbons (Fsp3) is 0.385. The molecule has 5 heteroatoms. The van der Waals surface area contributed by atoms with Crippen LogP contribution in [0.2, 0.25) is 0 Å². The van der Waals surface area contributed by atoms with Crippen LogP contribution in [0, 0.1) is 6.92 Å². The molecule has 0 aliphatic heterocycles. The van der Waals surface area contributed by atoms with Crippen LogP contribution < -0.4 is 0 Å². The van der Waals surface area contributed by atoms with Crippen LogP contribution in [0.3, 0.4) is 0 Å². The van der Waals surface area contributed by atoms with Crippen molar-refractivity contribution in [3.8, 4) is 0 Å². The molecule has 0 unspecified atom stereocenters. The van der Waals surface area contributed by atoms with Gasteiger partial charge in [-0.25, -0.2) is 4.79 Å². The van der Waals surface area contributed by atoms with Crippen LogP contribution in [-0.2, 0) is 4.74 Å². The Kier molecular flexibility index (Phi) is 5.58. The Balaban J connectivity index is 2.53. The third-order valence-corrected chi connectivity index (χ3v) is 3.20. The van der Waals surface area contributed by atoms with E-state index in [9.17, 15) is 9.59 Å². The summed E-state index contributed by atoms with van der Waals surface area (Å²) >= 11 is 1.40. The number of hydrogen-bond acceptors (Lipinski definition) is 4. The third-order valence-electron chi connectivity index (χ3n) is 2.14. The van der Waals surface area contributed by atoms with Gasteiger partial charge in [-0.1, -0.05) is 6.92 Å². The summed E-state index contributed by atoms with van der Waals surface area (Å²) in [4.78, 5) is 25.1. The van der Waals surface area contributed by atoms with Crippen molar-refractivity contribution < 1.29 is 14.3 Å².